The van der Waals surface area contributed by atoms with Crippen LogP contribution in [0, 0.1) is 5.41 Å². The van der Waals surface area contributed by atoms with Crippen LogP contribution in [0.25, 0.3) is 0 Å². The number of nitrogens with zero attached hydrogens (tertiary/aromatic N) is 1. The lowest BCUT2D eigenvalue weighted by Gasteiger charge is -2.39. The number of benzene rings is 4. The number of likely N-dealkylation sites (N-methyl/N-ethyl adjacent to an activating group) is 1. The van der Waals surface area contributed by atoms with Crippen molar-refractivity contribution in [3.8, 4) is 0 Å². The minimum Gasteiger partial charge on any atom is -0.338 e. The smallest absolute Gasteiger partial charge is 0.171 e. The first-order valence-electron chi connectivity index (χ1n) is 18.2. The van der Waals surface area contributed by atoms with Crippen molar-refractivity contribution in [1.82, 2.24) is 0 Å². The molecule has 0 spiro atoms. The van der Waals surface area contributed by atoms with Crippen molar-refractivity contribution in [3.63, 3.8) is 0 Å². The Hall–Kier alpha value is -3.28. The third kappa shape index (κ3) is 10.1. The third-order valence-electron chi connectivity index (χ3n) is 10.8. The second-order valence-corrected chi connectivity index (χ2v) is 15.7. The van der Waals surface area contributed by atoms with Crippen LogP contribution in [-0.4, -0.2) is 68.3 Å². The molecule has 0 radical (unpaired) electrons. The van der Waals surface area contributed by atoms with Crippen molar-refractivity contribution >= 4 is 0 Å². The molecule has 4 aromatic rings. The van der Waals surface area contributed by atoms with Crippen molar-refractivity contribution < 1.29 is 18.9 Å². The molecule has 5 rings (SSSR count). The van der Waals surface area contributed by atoms with E-state index in [4.69, 9.17) is 9.47 Å². The molecule has 256 valence electrons. The molecular weight excluding hydrogens is 588 g/mol. The Morgan fingerprint density at radius 3 is 1.52 bits per heavy atom. The molecule has 1 fully saturated rings. The van der Waals surface area contributed by atoms with Gasteiger partial charge in [0.25, 0.3) is 0 Å². The van der Waals surface area contributed by atoms with Crippen molar-refractivity contribution in [3.05, 3.63) is 144 Å². The molecule has 4 aromatic carbocycles. The number of hydrogen-bond donors (Lipinski definition) is 1. The Balaban J connectivity index is 1.40. The minimum atomic E-state index is -0.654. The van der Waals surface area contributed by atoms with Crippen LogP contribution in [0.4, 0.5) is 0 Å². The molecule has 0 aromatic heterocycles. The van der Waals surface area contributed by atoms with Crippen LogP contribution in [0.15, 0.2) is 121 Å². The highest BCUT2D eigenvalue weighted by atomic mass is 16.8. The van der Waals surface area contributed by atoms with Gasteiger partial charge >= 0.3 is 0 Å². The van der Waals surface area contributed by atoms with Gasteiger partial charge in [-0.05, 0) is 36.1 Å². The van der Waals surface area contributed by atoms with Gasteiger partial charge in [0.05, 0.1) is 32.7 Å². The molecule has 0 aliphatic carbocycles. The van der Waals surface area contributed by atoms with Crippen LogP contribution >= 0.6 is 0 Å². The topological polar surface area (TPSA) is 22.9 Å². The zero-order valence-corrected chi connectivity index (χ0v) is 30.4. The minimum absolute atomic E-state index is 0.00132. The van der Waals surface area contributed by atoms with E-state index in [1.165, 1.54) is 22.3 Å². The van der Waals surface area contributed by atoms with Crippen LogP contribution in [0.5, 0.6) is 0 Å². The summed E-state index contributed by atoms with van der Waals surface area (Å²) in [4.78, 5) is 1.59. The number of rotatable bonds is 16. The Labute approximate surface area is 291 Å². The first-order chi connectivity index (χ1) is 23.0. The van der Waals surface area contributed by atoms with Gasteiger partial charge in [0.2, 0.25) is 0 Å². The average Bonchev–Trinajstić information content (AvgIpc) is 3.42. The molecule has 5 atom stereocenters. The van der Waals surface area contributed by atoms with Crippen LogP contribution < -0.4 is 4.90 Å². The van der Waals surface area contributed by atoms with E-state index >= 15 is 0 Å². The lowest BCUT2D eigenvalue weighted by molar-refractivity contribution is -0.929. The fourth-order valence-electron chi connectivity index (χ4n) is 7.12. The van der Waals surface area contributed by atoms with E-state index in [1.54, 1.807) is 4.90 Å². The summed E-state index contributed by atoms with van der Waals surface area (Å²) in [7, 11) is 2.44. The van der Waals surface area contributed by atoms with Gasteiger partial charge in [-0.15, -0.1) is 0 Å². The maximum atomic E-state index is 7.14. The Kier molecular flexibility index (Phi) is 12.3. The van der Waals surface area contributed by atoms with Gasteiger partial charge in [-0.3, -0.25) is 0 Å². The number of ether oxygens (including phenoxy) is 2. The van der Waals surface area contributed by atoms with Crippen LogP contribution in [0.3, 0.4) is 0 Å². The molecule has 0 bridgehead atoms. The zero-order valence-electron chi connectivity index (χ0n) is 30.4. The van der Waals surface area contributed by atoms with Gasteiger partial charge in [0, 0.05) is 31.1 Å². The predicted octanol–water partition coefficient (Wildman–Crippen LogP) is 7.22. The fourth-order valence-corrected chi connectivity index (χ4v) is 7.12. The van der Waals surface area contributed by atoms with E-state index in [0.29, 0.717) is 6.04 Å². The highest BCUT2D eigenvalue weighted by Gasteiger charge is 2.54. The van der Waals surface area contributed by atoms with E-state index < -0.39 is 5.79 Å². The SMILES string of the molecule is CC(Cc1ccccc1)[NH+](CCc1ccccc1)C[C@@H]1OC(C)(C(C)(C)C)O[C@H]1C[N+](C)(CCc1ccccc1)CCc1ccccc1. The van der Waals surface area contributed by atoms with Gasteiger partial charge in [-0.25, -0.2) is 0 Å². The molecule has 0 saturated carbocycles. The summed E-state index contributed by atoms with van der Waals surface area (Å²) in [6.45, 7) is 16.4. The largest absolute Gasteiger partial charge is 0.338 e. The summed E-state index contributed by atoms with van der Waals surface area (Å²) in [5.74, 6) is -0.654. The van der Waals surface area contributed by atoms with Crippen molar-refractivity contribution in [2.24, 2.45) is 5.41 Å². The van der Waals surface area contributed by atoms with E-state index in [1.807, 2.05) is 0 Å². The molecule has 48 heavy (non-hydrogen) atoms. The molecule has 1 saturated heterocycles. The van der Waals surface area contributed by atoms with Gasteiger partial charge in [-0.1, -0.05) is 142 Å². The quantitative estimate of drug-likeness (QED) is 0.130. The van der Waals surface area contributed by atoms with E-state index in [0.717, 1.165) is 62.9 Å². The monoisotopic (exact) mass is 648 g/mol. The van der Waals surface area contributed by atoms with E-state index in [2.05, 4.69) is 163 Å². The number of nitrogens with one attached hydrogen (secondary N) is 1. The molecule has 1 aliphatic rings. The molecule has 4 nitrogen and oxygen atoms in total. The number of hydrogen-bond acceptors (Lipinski definition) is 2. The first-order valence-corrected chi connectivity index (χ1v) is 18.2. The summed E-state index contributed by atoms with van der Waals surface area (Å²) >= 11 is 0. The van der Waals surface area contributed by atoms with Crippen LogP contribution in [0.1, 0.15) is 56.9 Å². The highest BCUT2D eigenvalue weighted by molar-refractivity contribution is 5.17. The summed E-state index contributed by atoms with van der Waals surface area (Å²) in [5, 5.41) is 0. The number of quaternary nitrogens is 2. The average molecular weight is 649 g/mol. The van der Waals surface area contributed by atoms with Gasteiger partial charge < -0.3 is 18.9 Å². The summed E-state index contributed by atoms with van der Waals surface area (Å²) in [5.41, 5.74) is 5.43. The second kappa shape index (κ2) is 16.4. The predicted molar refractivity (Wildman–Crippen MR) is 199 cm³/mol. The molecule has 1 N–H and O–H groups in total. The Bertz CT molecular complexity index is 1450. The summed E-state index contributed by atoms with van der Waals surface area (Å²) in [6.07, 6.45) is 4.19. The molecule has 0 amide bonds. The summed E-state index contributed by atoms with van der Waals surface area (Å²) in [6, 6.07) is 44.3. The molecule has 1 aliphatic heterocycles. The Morgan fingerprint density at radius 2 is 1.06 bits per heavy atom. The van der Waals surface area contributed by atoms with Gasteiger partial charge in [0.1, 0.15) is 25.3 Å². The van der Waals surface area contributed by atoms with E-state index in [9.17, 15) is 0 Å². The molecule has 3 unspecified atom stereocenters. The molecule has 4 heteroatoms. The third-order valence-corrected chi connectivity index (χ3v) is 10.8. The second-order valence-electron chi connectivity index (χ2n) is 15.7. The van der Waals surface area contributed by atoms with E-state index in [-0.39, 0.29) is 17.6 Å². The molecular formula is C44H60N2O2+2. The van der Waals surface area contributed by atoms with Crippen LogP contribution in [-0.2, 0) is 35.2 Å². The summed E-state index contributed by atoms with van der Waals surface area (Å²) < 4.78 is 15.2. The van der Waals surface area contributed by atoms with Crippen molar-refractivity contribution in [2.45, 2.75) is 84.3 Å². The lowest BCUT2D eigenvalue weighted by atomic mass is 9.87. The van der Waals surface area contributed by atoms with Crippen LogP contribution in [0.2, 0.25) is 0 Å². The maximum absolute atomic E-state index is 7.14. The highest BCUT2D eigenvalue weighted by Crippen LogP contribution is 2.42. The maximum Gasteiger partial charge on any atom is 0.171 e. The van der Waals surface area contributed by atoms with Crippen molar-refractivity contribution in [1.29, 1.82) is 0 Å². The van der Waals surface area contributed by atoms with Gasteiger partial charge in [0.15, 0.2) is 5.79 Å². The first kappa shape index (κ1) is 36.0. The fraction of sp³-hybridized carbons (Fsp3) is 0.455. The standard InChI is InChI=1S/C44H59N2O2/c1-36(33-40-25-17-10-18-26-40)45(30-27-37-19-11-7-12-20-37)34-41-42(48-44(5,47-41)43(2,3)4)35-46(6,31-28-38-21-13-8-14-22-38)32-29-39-23-15-9-16-24-39/h7-26,36,41-42H,27-35H2,1-6H3/q+1/p+1/t36?,41-,42-,44?/m0/s1. The normalized spacial score (nSPS) is 21.2. The lowest BCUT2D eigenvalue weighted by Crippen LogP contribution is -3.17. The van der Waals surface area contributed by atoms with Gasteiger partial charge in [-0.2, -0.15) is 0 Å². The molecule has 1 heterocycles. The van der Waals surface area contributed by atoms with Crippen molar-refractivity contribution in [2.75, 3.05) is 39.8 Å². The Morgan fingerprint density at radius 1 is 0.646 bits per heavy atom. The zero-order chi connectivity index (χ0) is 34.0.